The first kappa shape index (κ1) is 26.3. The quantitative estimate of drug-likeness (QED) is 0.397. The molecule has 0 unspecified atom stereocenters. The predicted molar refractivity (Wildman–Crippen MR) is 136 cm³/mol. The summed E-state index contributed by atoms with van der Waals surface area (Å²) in [5, 5.41) is 10.0. The van der Waals surface area contributed by atoms with Crippen molar-refractivity contribution in [2.24, 2.45) is 0 Å². The first-order chi connectivity index (χ1) is 16.5. The summed E-state index contributed by atoms with van der Waals surface area (Å²) in [6.07, 6.45) is 2.92. The van der Waals surface area contributed by atoms with Crippen LogP contribution in [0.4, 0.5) is 10.5 Å². The highest BCUT2D eigenvalue weighted by molar-refractivity contribution is 5.99. The molecular weight excluding hydrogens is 444 g/mol. The molecule has 1 aliphatic heterocycles. The topological polar surface area (TPSA) is 87.2 Å². The molecule has 7 heteroatoms. The molecule has 1 N–H and O–H groups in total. The molecule has 0 aromatic heterocycles. The van der Waals surface area contributed by atoms with Gasteiger partial charge >= 0.3 is 6.09 Å². The first-order valence-corrected chi connectivity index (χ1v) is 12.2. The zero-order valence-electron chi connectivity index (χ0n) is 21.2. The number of rotatable bonds is 9. The molecule has 2 aromatic rings. The summed E-state index contributed by atoms with van der Waals surface area (Å²) >= 11 is 0. The second-order valence-corrected chi connectivity index (χ2v) is 10.0. The van der Waals surface area contributed by atoms with E-state index in [1.807, 2.05) is 45.0 Å². The molecule has 0 radical (unpaired) electrons. The maximum absolute atomic E-state index is 12.8. The number of ether oxygens (including phenoxy) is 1. The molecule has 0 atom stereocenters. The SMILES string of the molecule is CN1C(=O)CCc2cc(C(=O)CCCCN(CCc3ccccc3O)C(=O)OC(C)(C)C)ccc21. The van der Waals surface area contributed by atoms with Crippen LogP contribution in [0, 0.1) is 0 Å². The van der Waals surface area contributed by atoms with Crippen molar-refractivity contribution < 1.29 is 24.2 Å². The maximum Gasteiger partial charge on any atom is 0.410 e. The number of unbranched alkanes of at least 4 members (excludes halogenated alkanes) is 1. The lowest BCUT2D eigenvalue weighted by atomic mass is 9.96. The Balaban J connectivity index is 1.55. The Hall–Kier alpha value is -3.35. The third kappa shape index (κ3) is 7.31. The minimum atomic E-state index is -0.606. The van der Waals surface area contributed by atoms with E-state index in [1.165, 1.54) is 0 Å². The third-order valence-corrected chi connectivity index (χ3v) is 6.12. The van der Waals surface area contributed by atoms with E-state index in [0.29, 0.717) is 57.2 Å². The number of fused-ring (bicyclic) bond motifs is 1. The molecule has 7 nitrogen and oxygen atoms in total. The van der Waals surface area contributed by atoms with Crippen molar-refractivity contribution in [1.29, 1.82) is 0 Å². The summed E-state index contributed by atoms with van der Waals surface area (Å²) in [5.74, 6) is 0.363. The molecule has 35 heavy (non-hydrogen) atoms. The minimum absolute atomic E-state index is 0.0605. The molecule has 1 aliphatic rings. The predicted octanol–water partition coefficient (Wildman–Crippen LogP) is 5.13. The highest BCUT2D eigenvalue weighted by Gasteiger charge is 2.23. The molecule has 1 heterocycles. The summed E-state index contributed by atoms with van der Waals surface area (Å²) in [6, 6.07) is 12.6. The Morgan fingerprint density at radius 2 is 1.80 bits per heavy atom. The van der Waals surface area contributed by atoms with E-state index >= 15 is 0 Å². The van der Waals surface area contributed by atoms with Crippen LogP contribution in [0.5, 0.6) is 5.75 Å². The largest absolute Gasteiger partial charge is 0.508 e. The number of para-hydroxylation sites is 1. The van der Waals surface area contributed by atoms with E-state index in [4.69, 9.17) is 4.74 Å². The zero-order valence-corrected chi connectivity index (χ0v) is 21.2. The maximum atomic E-state index is 12.8. The van der Waals surface area contributed by atoms with Crippen molar-refractivity contribution in [2.75, 3.05) is 25.0 Å². The van der Waals surface area contributed by atoms with Gasteiger partial charge in [0.25, 0.3) is 0 Å². The fourth-order valence-electron chi connectivity index (χ4n) is 4.16. The standard InChI is InChI=1S/C28H36N2O5/c1-28(2,3)35-27(34)30(18-16-20-9-5-6-10-24(20)31)17-8-7-11-25(32)22-12-14-23-21(19-22)13-15-26(33)29(23)4/h5-6,9-10,12,14,19,31H,7-8,11,13,15-18H2,1-4H3. The van der Waals surface area contributed by atoms with Gasteiger partial charge in [-0.05, 0) is 81.8 Å². The molecule has 0 spiro atoms. The normalized spacial score (nSPS) is 13.4. The number of ketones is 1. The number of Topliss-reactive ketones (excluding diaryl/α,β-unsaturated/α-hetero) is 1. The van der Waals surface area contributed by atoms with E-state index in [9.17, 15) is 19.5 Å². The fourth-order valence-corrected chi connectivity index (χ4v) is 4.16. The van der Waals surface area contributed by atoms with Gasteiger partial charge in [0.2, 0.25) is 5.91 Å². The molecule has 0 saturated heterocycles. The average molecular weight is 481 g/mol. The molecule has 2 amide bonds. The minimum Gasteiger partial charge on any atom is -0.508 e. The van der Waals surface area contributed by atoms with Crippen molar-refractivity contribution in [3.8, 4) is 5.75 Å². The lowest BCUT2D eigenvalue weighted by molar-refractivity contribution is -0.118. The summed E-state index contributed by atoms with van der Waals surface area (Å²) in [5.41, 5.74) is 2.73. The Morgan fingerprint density at radius 3 is 2.51 bits per heavy atom. The van der Waals surface area contributed by atoms with Gasteiger partial charge < -0.3 is 19.6 Å². The molecule has 0 saturated carbocycles. The number of carbonyl (C=O) groups excluding carboxylic acids is 3. The van der Waals surface area contributed by atoms with Crippen LogP contribution in [0.2, 0.25) is 0 Å². The first-order valence-electron chi connectivity index (χ1n) is 12.2. The van der Waals surface area contributed by atoms with Crippen molar-refractivity contribution >= 4 is 23.5 Å². The number of hydrogen-bond acceptors (Lipinski definition) is 5. The number of amides is 2. The highest BCUT2D eigenvalue weighted by atomic mass is 16.6. The molecular formula is C28H36N2O5. The summed E-state index contributed by atoms with van der Waals surface area (Å²) in [6.45, 7) is 6.37. The van der Waals surface area contributed by atoms with E-state index in [0.717, 1.165) is 16.8 Å². The van der Waals surface area contributed by atoms with Crippen LogP contribution in [-0.4, -0.2) is 53.5 Å². The Morgan fingerprint density at radius 1 is 1.06 bits per heavy atom. The van der Waals surface area contributed by atoms with Gasteiger partial charge in [0.05, 0.1) is 0 Å². The van der Waals surface area contributed by atoms with E-state index in [1.54, 1.807) is 35.0 Å². The van der Waals surface area contributed by atoms with Crippen LogP contribution in [0.15, 0.2) is 42.5 Å². The number of aryl methyl sites for hydroxylation is 1. The Bertz CT molecular complexity index is 1070. The van der Waals surface area contributed by atoms with Gasteiger partial charge in [0, 0.05) is 44.2 Å². The summed E-state index contributed by atoms with van der Waals surface area (Å²) in [4.78, 5) is 40.7. The number of phenolic OH excluding ortho intramolecular Hbond substituents is 1. The summed E-state index contributed by atoms with van der Waals surface area (Å²) < 4.78 is 5.56. The molecule has 3 rings (SSSR count). The van der Waals surface area contributed by atoms with Crippen molar-refractivity contribution in [2.45, 2.75) is 64.9 Å². The van der Waals surface area contributed by atoms with Crippen LogP contribution in [0.3, 0.4) is 0 Å². The lowest BCUT2D eigenvalue weighted by Crippen LogP contribution is -2.38. The van der Waals surface area contributed by atoms with Crippen molar-refractivity contribution in [1.82, 2.24) is 4.90 Å². The number of hydrogen-bond donors (Lipinski definition) is 1. The van der Waals surface area contributed by atoms with E-state index < -0.39 is 11.7 Å². The zero-order chi connectivity index (χ0) is 25.6. The van der Waals surface area contributed by atoms with Gasteiger partial charge in [-0.1, -0.05) is 18.2 Å². The fraction of sp³-hybridized carbons (Fsp3) is 0.464. The monoisotopic (exact) mass is 480 g/mol. The van der Waals surface area contributed by atoms with Crippen LogP contribution in [-0.2, 0) is 22.4 Å². The Kier molecular flexibility index (Phi) is 8.54. The second kappa shape index (κ2) is 11.4. The Labute approximate surface area is 207 Å². The average Bonchev–Trinajstić information content (AvgIpc) is 2.80. The highest BCUT2D eigenvalue weighted by Crippen LogP contribution is 2.28. The van der Waals surface area contributed by atoms with Crippen molar-refractivity contribution in [3.05, 3.63) is 59.2 Å². The van der Waals surface area contributed by atoms with Gasteiger partial charge in [-0.2, -0.15) is 0 Å². The number of carbonyl (C=O) groups is 3. The third-order valence-electron chi connectivity index (χ3n) is 6.12. The molecule has 188 valence electrons. The van der Waals surface area contributed by atoms with E-state index in [2.05, 4.69) is 0 Å². The van der Waals surface area contributed by atoms with Gasteiger partial charge in [-0.3, -0.25) is 9.59 Å². The van der Waals surface area contributed by atoms with Gasteiger partial charge in [0.15, 0.2) is 5.78 Å². The van der Waals surface area contributed by atoms with E-state index in [-0.39, 0.29) is 17.4 Å². The lowest BCUT2D eigenvalue weighted by Gasteiger charge is -2.27. The number of aromatic hydroxyl groups is 1. The number of nitrogens with zero attached hydrogens (tertiary/aromatic N) is 2. The van der Waals surface area contributed by atoms with Gasteiger partial charge in [-0.25, -0.2) is 4.79 Å². The molecule has 0 aliphatic carbocycles. The van der Waals surface area contributed by atoms with Crippen LogP contribution in [0.1, 0.15) is 67.9 Å². The second-order valence-electron chi connectivity index (χ2n) is 10.0. The molecule has 2 aromatic carbocycles. The number of phenols is 1. The number of anilines is 1. The molecule has 0 bridgehead atoms. The number of benzene rings is 2. The van der Waals surface area contributed by atoms with Crippen molar-refractivity contribution in [3.63, 3.8) is 0 Å². The molecule has 0 fully saturated rings. The summed E-state index contributed by atoms with van der Waals surface area (Å²) in [7, 11) is 1.76. The van der Waals surface area contributed by atoms with Crippen LogP contribution in [0.25, 0.3) is 0 Å². The van der Waals surface area contributed by atoms with Crippen LogP contribution < -0.4 is 4.90 Å². The van der Waals surface area contributed by atoms with Gasteiger partial charge in [-0.15, -0.1) is 0 Å². The smallest absolute Gasteiger partial charge is 0.410 e. The van der Waals surface area contributed by atoms with Gasteiger partial charge in [0.1, 0.15) is 11.4 Å². The van der Waals surface area contributed by atoms with Crippen LogP contribution >= 0.6 is 0 Å².